The molecule has 0 radical (unpaired) electrons. The van der Waals surface area contributed by atoms with Crippen molar-refractivity contribution in [2.24, 2.45) is 0 Å². The van der Waals surface area contributed by atoms with Crippen molar-refractivity contribution in [1.29, 1.82) is 0 Å². The van der Waals surface area contributed by atoms with Gasteiger partial charge in [-0.25, -0.2) is 0 Å². The molecule has 1 aliphatic carbocycles. The van der Waals surface area contributed by atoms with Gasteiger partial charge in [0.2, 0.25) is 0 Å². The molecule has 2 aromatic rings. The van der Waals surface area contributed by atoms with E-state index in [1.54, 1.807) is 12.0 Å². The molecule has 21 heavy (non-hydrogen) atoms. The van der Waals surface area contributed by atoms with Crippen molar-refractivity contribution in [2.75, 3.05) is 7.11 Å². The molecule has 2 nitrogen and oxygen atoms in total. The molecule has 2 unspecified atom stereocenters. The first kappa shape index (κ1) is 14.6. The summed E-state index contributed by atoms with van der Waals surface area (Å²) in [6.07, 6.45) is 4.88. The fraction of sp³-hybridized carbons (Fsp3) is 0.444. The van der Waals surface area contributed by atoms with E-state index in [9.17, 15) is 0 Å². The quantitative estimate of drug-likeness (QED) is 0.886. The predicted molar refractivity (Wildman–Crippen MR) is 89.3 cm³/mol. The van der Waals surface area contributed by atoms with Gasteiger partial charge in [0.05, 0.1) is 7.11 Å². The summed E-state index contributed by atoms with van der Waals surface area (Å²) in [5.74, 6) is 0.926. The number of ether oxygens (including phenoxy) is 1. The second-order valence-corrected chi connectivity index (χ2v) is 6.86. The molecule has 0 fully saturated rings. The Hall–Kier alpha value is -1.32. The molecule has 0 aliphatic heterocycles. The summed E-state index contributed by atoms with van der Waals surface area (Å²) in [5, 5.41) is 6.05. The number of benzene rings is 1. The van der Waals surface area contributed by atoms with E-state index in [0.717, 1.165) is 12.2 Å². The van der Waals surface area contributed by atoms with Gasteiger partial charge in [-0.2, -0.15) is 0 Å². The molecule has 0 saturated carbocycles. The molecule has 1 aliphatic rings. The third-order valence-electron chi connectivity index (χ3n) is 4.24. The highest BCUT2D eigenvalue weighted by molar-refractivity contribution is 7.10. The van der Waals surface area contributed by atoms with E-state index in [4.69, 9.17) is 4.74 Å². The van der Waals surface area contributed by atoms with Gasteiger partial charge in [0.25, 0.3) is 0 Å². The van der Waals surface area contributed by atoms with Gasteiger partial charge in [-0.15, -0.1) is 11.3 Å². The van der Waals surface area contributed by atoms with Crippen molar-refractivity contribution in [3.8, 4) is 5.75 Å². The number of methoxy groups -OCH3 is 1. The number of hydrogen-bond donors (Lipinski definition) is 1. The van der Waals surface area contributed by atoms with Gasteiger partial charge >= 0.3 is 0 Å². The van der Waals surface area contributed by atoms with Gasteiger partial charge in [-0.05, 0) is 67.3 Å². The van der Waals surface area contributed by atoms with Crippen molar-refractivity contribution in [3.05, 3.63) is 51.7 Å². The molecule has 1 aromatic carbocycles. The molecule has 2 atom stereocenters. The van der Waals surface area contributed by atoms with Gasteiger partial charge in [0.1, 0.15) is 5.75 Å². The first-order chi connectivity index (χ1) is 10.3. The average molecular weight is 301 g/mol. The Balaban J connectivity index is 1.60. The standard InChI is InChI=1S/C18H23NOS/c1-13(12-14-6-8-15(20-2)9-7-14)19-17-4-3-5-18-16(17)10-11-21-18/h6-11,13,17,19H,3-5,12H2,1-2H3. The smallest absolute Gasteiger partial charge is 0.118 e. The SMILES string of the molecule is COc1ccc(CC(C)NC2CCCc3sccc32)cc1. The van der Waals surface area contributed by atoms with Crippen molar-refractivity contribution >= 4 is 11.3 Å². The number of fused-ring (bicyclic) bond motifs is 1. The zero-order valence-electron chi connectivity index (χ0n) is 12.8. The summed E-state index contributed by atoms with van der Waals surface area (Å²) in [5.41, 5.74) is 2.89. The minimum Gasteiger partial charge on any atom is -0.497 e. The van der Waals surface area contributed by atoms with Crippen molar-refractivity contribution in [1.82, 2.24) is 5.32 Å². The minimum atomic E-state index is 0.481. The fourth-order valence-electron chi connectivity index (χ4n) is 3.18. The number of rotatable bonds is 5. The van der Waals surface area contributed by atoms with Gasteiger partial charge < -0.3 is 10.1 Å². The second-order valence-electron chi connectivity index (χ2n) is 5.86. The third-order valence-corrected chi connectivity index (χ3v) is 5.24. The Morgan fingerprint density at radius 2 is 2.10 bits per heavy atom. The summed E-state index contributed by atoms with van der Waals surface area (Å²) >= 11 is 1.91. The van der Waals surface area contributed by atoms with Crippen LogP contribution in [0.25, 0.3) is 0 Å². The van der Waals surface area contributed by atoms with E-state index in [0.29, 0.717) is 12.1 Å². The minimum absolute atomic E-state index is 0.481. The molecule has 112 valence electrons. The Morgan fingerprint density at radius 1 is 1.29 bits per heavy atom. The van der Waals surface area contributed by atoms with Crippen LogP contribution >= 0.6 is 11.3 Å². The summed E-state index contributed by atoms with van der Waals surface area (Å²) in [4.78, 5) is 1.58. The zero-order chi connectivity index (χ0) is 14.7. The van der Waals surface area contributed by atoms with E-state index < -0.39 is 0 Å². The van der Waals surface area contributed by atoms with E-state index in [-0.39, 0.29) is 0 Å². The van der Waals surface area contributed by atoms with Gasteiger partial charge in [-0.1, -0.05) is 12.1 Å². The summed E-state index contributed by atoms with van der Waals surface area (Å²) < 4.78 is 5.21. The Bertz CT molecular complexity index is 575. The van der Waals surface area contributed by atoms with Crippen LogP contribution in [0.3, 0.4) is 0 Å². The highest BCUT2D eigenvalue weighted by Crippen LogP contribution is 2.33. The molecule has 1 aromatic heterocycles. The molecule has 3 heteroatoms. The topological polar surface area (TPSA) is 21.3 Å². The molecular formula is C18H23NOS. The van der Waals surface area contributed by atoms with Gasteiger partial charge in [0.15, 0.2) is 0 Å². The van der Waals surface area contributed by atoms with Crippen LogP contribution in [0.15, 0.2) is 35.7 Å². The van der Waals surface area contributed by atoms with Gasteiger partial charge in [0, 0.05) is 17.0 Å². The largest absolute Gasteiger partial charge is 0.497 e. The second kappa shape index (κ2) is 6.63. The lowest BCUT2D eigenvalue weighted by Crippen LogP contribution is -2.33. The van der Waals surface area contributed by atoms with Crippen LogP contribution in [0.4, 0.5) is 0 Å². The van der Waals surface area contributed by atoms with Crippen molar-refractivity contribution in [2.45, 2.75) is 44.7 Å². The van der Waals surface area contributed by atoms with Crippen LogP contribution in [-0.2, 0) is 12.8 Å². The summed E-state index contributed by atoms with van der Waals surface area (Å²) in [6.45, 7) is 2.28. The molecule has 0 saturated heterocycles. The Labute approximate surface area is 131 Å². The monoisotopic (exact) mass is 301 g/mol. The maximum Gasteiger partial charge on any atom is 0.118 e. The zero-order valence-corrected chi connectivity index (χ0v) is 13.6. The highest BCUT2D eigenvalue weighted by Gasteiger charge is 2.22. The normalized spacial score (nSPS) is 19.0. The van der Waals surface area contributed by atoms with E-state index >= 15 is 0 Å². The molecule has 0 amide bonds. The lowest BCUT2D eigenvalue weighted by atomic mass is 9.93. The van der Waals surface area contributed by atoms with E-state index in [1.165, 1.54) is 30.4 Å². The first-order valence-electron chi connectivity index (χ1n) is 7.71. The van der Waals surface area contributed by atoms with Crippen LogP contribution in [0, 0.1) is 0 Å². The summed E-state index contributed by atoms with van der Waals surface area (Å²) in [6, 6.07) is 11.7. The number of thiophene rings is 1. The van der Waals surface area contributed by atoms with Crippen LogP contribution in [0.2, 0.25) is 0 Å². The maximum absolute atomic E-state index is 5.21. The average Bonchev–Trinajstić information content (AvgIpc) is 2.97. The first-order valence-corrected chi connectivity index (χ1v) is 8.59. The molecule has 0 spiro atoms. The Kier molecular flexibility index (Phi) is 4.61. The third kappa shape index (κ3) is 3.47. The molecule has 1 heterocycles. The lowest BCUT2D eigenvalue weighted by Gasteiger charge is -2.27. The van der Waals surface area contributed by atoms with Crippen LogP contribution in [0.1, 0.15) is 41.8 Å². The molecule has 3 rings (SSSR count). The molecule has 0 bridgehead atoms. The predicted octanol–water partition coefficient (Wildman–Crippen LogP) is 4.35. The number of hydrogen-bond acceptors (Lipinski definition) is 3. The molecule has 1 N–H and O–H groups in total. The van der Waals surface area contributed by atoms with Crippen molar-refractivity contribution < 1.29 is 4.74 Å². The van der Waals surface area contributed by atoms with Gasteiger partial charge in [-0.3, -0.25) is 0 Å². The van der Waals surface area contributed by atoms with Crippen LogP contribution < -0.4 is 10.1 Å². The summed E-state index contributed by atoms with van der Waals surface area (Å²) in [7, 11) is 1.71. The van der Waals surface area contributed by atoms with Crippen LogP contribution in [0.5, 0.6) is 5.75 Å². The van der Waals surface area contributed by atoms with Crippen molar-refractivity contribution in [3.63, 3.8) is 0 Å². The molecular weight excluding hydrogens is 278 g/mol. The van der Waals surface area contributed by atoms with E-state index in [2.05, 4.69) is 35.8 Å². The lowest BCUT2D eigenvalue weighted by molar-refractivity contribution is 0.407. The number of nitrogens with one attached hydrogen (secondary N) is 1. The highest BCUT2D eigenvalue weighted by atomic mass is 32.1. The Morgan fingerprint density at radius 3 is 2.86 bits per heavy atom. The van der Waals surface area contributed by atoms with E-state index in [1.807, 2.05) is 23.5 Å². The maximum atomic E-state index is 5.21. The van der Waals surface area contributed by atoms with Crippen LogP contribution in [-0.4, -0.2) is 13.2 Å². The fourth-order valence-corrected chi connectivity index (χ4v) is 4.16. The number of aryl methyl sites for hydroxylation is 1.